The zero-order valence-corrected chi connectivity index (χ0v) is 12.6. The molecular weight excluding hydrogens is 373 g/mol. The number of nitrogens with one attached hydrogen (secondary N) is 1. The third-order valence-electron chi connectivity index (χ3n) is 2.52. The van der Waals surface area contributed by atoms with E-state index in [-0.39, 0.29) is 16.4 Å². The van der Waals surface area contributed by atoms with Crippen molar-refractivity contribution in [3.05, 3.63) is 57.3 Å². The van der Waals surface area contributed by atoms with Crippen molar-refractivity contribution in [2.75, 3.05) is 5.32 Å². The highest BCUT2D eigenvalue weighted by atomic mass is 79.9. The van der Waals surface area contributed by atoms with Crippen LogP contribution in [-0.2, 0) is 6.18 Å². The summed E-state index contributed by atoms with van der Waals surface area (Å²) in [7, 11) is 0. The standard InChI is InChI=1S/C13H7BrClF3N2O/c14-8-5-10(11(15)19-6-8)12(21)20-9-3-1-7(2-4-9)13(16,17)18/h1-6H,(H,20,21). The van der Waals surface area contributed by atoms with E-state index in [1.54, 1.807) is 0 Å². The van der Waals surface area contributed by atoms with Crippen molar-refractivity contribution >= 4 is 39.1 Å². The van der Waals surface area contributed by atoms with E-state index >= 15 is 0 Å². The van der Waals surface area contributed by atoms with E-state index in [0.717, 1.165) is 12.1 Å². The van der Waals surface area contributed by atoms with Crippen LogP contribution in [0.4, 0.5) is 18.9 Å². The Morgan fingerprint density at radius 3 is 2.43 bits per heavy atom. The molecule has 2 rings (SSSR count). The maximum atomic E-state index is 12.4. The summed E-state index contributed by atoms with van der Waals surface area (Å²) in [5.74, 6) is -0.562. The number of anilines is 1. The first-order valence-corrected chi connectivity index (χ1v) is 6.74. The average Bonchev–Trinajstić information content (AvgIpc) is 2.41. The highest BCUT2D eigenvalue weighted by Gasteiger charge is 2.30. The van der Waals surface area contributed by atoms with E-state index in [4.69, 9.17) is 11.6 Å². The van der Waals surface area contributed by atoms with Crippen LogP contribution in [0.1, 0.15) is 15.9 Å². The molecule has 0 radical (unpaired) electrons. The van der Waals surface area contributed by atoms with Gasteiger partial charge in [0.1, 0.15) is 5.15 Å². The van der Waals surface area contributed by atoms with Crippen LogP contribution in [0.15, 0.2) is 41.0 Å². The first kappa shape index (κ1) is 15.8. The number of aromatic nitrogens is 1. The average molecular weight is 380 g/mol. The number of alkyl halides is 3. The van der Waals surface area contributed by atoms with Gasteiger partial charge in [-0.05, 0) is 46.3 Å². The molecule has 0 spiro atoms. The molecule has 2 aromatic rings. The molecule has 3 nitrogen and oxygen atoms in total. The van der Waals surface area contributed by atoms with E-state index < -0.39 is 17.6 Å². The number of carbonyl (C=O) groups excluding carboxylic acids is 1. The molecule has 1 aromatic carbocycles. The molecule has 21 heavy (non-hydrogen) atoms. The van der Waals surface area contributed by atoms with Gasteiger partial charge in [-0.3, -0.25) is 4.79 Å². The Bertz CT molecular complexity index is 674. The number of halogens is 5. The second kappa shape index (κ2) is 6.03. The van der Waals surface area contributed by atoms with Crippen molar-refractivity contribution in [3.63, 3.8) is 0 Å². The number of pyridine rings is 1. The van der Waals surface area contributed by atoms with Crippen LogP contribution in [-0.4, -0.2) is 10.9 Å². The van der Waals surface area contributed by atoms with Crippen molar-refractivity contribution in [1.29, 1.82) is 0 Å². The van der Waals surface area contributed by atoms with Gasteiger partial charge < -0.3 is 5.32 Å². The predicted molar refractivity (Wildman–Crippen MR) is 76.3 cm³/mol. The van der Waals surface area contributed by atoms with Gasteiger partial charge in [-0.2, -0.15) is 13.2 Å². The number of hydrogen-bond donors (Lipinski definition) is 1. The molecule has 0 atom stereocenters. The van der Waals surface area contributed by atoms with E-state index in [0.29, 0.717) is 4.47 Å². The molecule has 0 bridgehead atoms. The fraction of sp³-hybridized carbons (Fsp3) is 0.0769. The first-order valence-electron chi connectivity index (χ1n) is 5.57. The molecule has 0 aliphatic carbocycles. The van der Waals surface area contributed by atoms with Crippen molar-refractivity contribution in [2.24, 2.45) is 0 Å². The first-order chi connectivity index (χ1) is 9.77. The minimum Gasteiger partial charge on any atom is -0.322 e. The molecule has 1 aromatic heterocycles. The van der Waals surface area contributed by atoms with Crippen LogP contribution in [0.2, 0.25) is 5.15 Å². The molecule has 1 heterocycles. The summed E-state index contributed by atoms with van der Waals surface area (Å²) >= 11 is 8.96. The lowest BCUT2D eigenvalue weighted by molar-refractivity contribution is -0.137. The zero-order valence-electron chi connectivity index (χ0n) is 10.2. The minimum absolute atomic E-state index is 0.00242. The van der Waals surface area contributed by atoms with Crippen molar-refractivity contribution in [3.8, 4) is 0 Å². The lowest BCUT2D eigenvalue weighted by Gasteiger charge is -2.09. The molecule has 110 valence electrons. The van der Waals surface area contributed by atoms with Gasteiger partial charge in [0, 0.05) is 16.4 Å². The van der Waals surface area contributed by atoms with Crippen LogP contribution in [0, 0.1) is 0 Å². The van der Waals surface area contributed by atoms with Crippen LogP contribution in [0.25, 0.3) is 0 Å². The van der Waals surface area contributed by atoms with Gasteiger partial charge in [0.25, 0.3) is 5.91 Å². The van der Waals surface area contributed by atoms with Crippen molar-refractivity contribution < 1.29 is 18.0 Å². The number of nitrogens with zero attached hydrogens (tertiary/aromatic N) is 1. The number of benzene rings is 1. The SMILES string of the molecule is O=C(Nc1ccc(C(F)(F)F)cc1)c1cc(Br)cnc1Cl. The summed E-state index contributed by atoms with van der Waals surface area (Å²) in [5.41, 5.74) is -0.447. The molecule has 0 aliphatic heterocycles. The predicted octanol–water partition coefficient (Wildman–Crippen LogP) is 4.77. The Labute approximate surface area is 131 Å². The Kier molecular flexibility index (Phi) is 4.53. The Morgan fingerprint density at radius 2 is 1.86 bits per heavy atom. The molecule has 0 unspecified atom stereocenters. The molecule has 0 aliphatic rings. The number of rotatable bonds is 2. The molecule has 0 fully saturated rings. The monoisotopic (exact) mass is 378 g/mol. The number of carbonyl (C=O) groups is 1. The summed E-state index contributed by atoms with van der Waals surface area (Å²) in [6.07, 6.45) is -2.99. The van der Waals surface area contributed by atoms with Crippen LogP contribution in [0.3, 0.4) is 0 Å². The largest absolute Gasteiger partial charge is 0.416 e. The maximum Gasteiger partial charge on any atom is 0.416 e. The van der Waals surface area contributed by atoms with Gasteiger partial charge in [0.2, 0.25) is 0 Å². The lowest BCUT2D eigenvalue weighted by atomic mass is 10.2. The highest BCUT2D eigenvalue weighted by molar-refractivity contribution is 9.10. The van der Waals surface area contributed by atoms with Gasteiger partial charge >= 0.3 is 6.18 Å². The van der Waals surface area contributed by atoms with E-state index in [9.17, 15) is 18.0 Å². The highest BCUT2D eigenvalue weighted by Crippen LogP contribution is 2.30. The Hall–Kier alpha value is -1.60. The van der Waals surface area contributed by atoms with E-state index in [1.807, 2.05) is 0 Å². The smallest absolute Gasteiger partial charge is 0.322 e. The summed E-state index contributed by atoms with van der Waals surface area (Å²) in [6.45, 7) is 0. The van der Waals surface area contributed by atoms with Gasteiger partial charge in [0.15, 0.2) is 0 Å². The molecule has 0 saturated carbocycles. The van der Waals surface area contributed by atoms with Gasteiger partial charge in [-0.15, -0.1) is 0 Å². The van der Waals surface area contributed by atoms with Crippen LogP contribution in [0.5, 0.6) is 0 Å². The number of amides is 1. The normalized spacial score (nSPS) is 11.3. The van der Waals surface area contributed by atoms with Crippen molar-refractivity contribution in [1.82, 2.24) is 4.98 Å². The van der Waals surface area contributed by atoms with Gasteiger partial charge in [-0.25, -0.2) is 4.98 Å². The third-order valence-corrected chi connectivity index (χ3v) is 3.26. The van der Waals surface area contributed by atoms with Gasteiger partial charge in [-0.1, -0.05) is 11.6 Å². The fourth-order valence-electron chi connectivity index (χ4n) is 1.52. The topological polar surface area (TPSA) is 42.0 Å². The minimum atomic E-state index is -4.42. The van der Waals surface area contributed by atoms with Crippen LogP contribution < -0.4 is 5.32 Å². The molecule has 8 heteroatoms. The zero-order chi connectivity index (χ0) is 15.6. The maximum absolute atomic E-state index is 12.4. The number of hydrogen-bond acceptors (Lipinski definition) is 2. The second-order valence-electron chi connectivity index (χ2n) is 4.02. The summed E-state index contributed by atoms with van der Waals surface area (Å²) in [6, 6.07) is 5.57. The Balaban J connectivity index is 2.18. The summed E-state index contributed by atoms with van der Waals surface area (Å²) in [4.78, 5) is 15.8. The van der Waals surface area contributed by atoms with E-state index in [2.05, 4.69) is 26.2 Å². The Morgan fingerprint density at radius 1 is 1.24 bits per heavy atom. The molecular formula is C13H7BrClF3N2O. The van der Waals surface area contributed by atoms with Crippen LogP contribution >= 0.6 is 27.5 Å². The molecule has 1 amide bonds. The lowest BCUT2D eigenvalue weighted by Crippen LogP contribution is -2.13. The summed E-state index contributed by atoms with van der Waals surface area (Å²) in [5, 5.41) is 2.46. The summed E-state index contributed by atoms with van der Waals surface area (Å²) < 4.78 is 37.8. The third kappa shape index (κ3) is 3.95. The quantitative estimate of drug-likeness (QED) is 0.764. The van der Waals surface area contributed by atoms with Gasteiger partial charge in [0.05, 0.1) is 11.1 Å². The molecule has 0 saturated heterocycles. The fourth-order valence-corrected chi connectivity index (χ4v) is 2.04. The molecule has 1 N–H and O–H groups in total. The second-order valence-corrected chi connectivity index (χ2v) is 5.29. The van der Waals surface area contributed by atoms with E-state index in [1.165, 1.54) is 24.4 Å². The van der Waals surface area contributed by atoms with Crippen molar-refractivity contribution in [2.45, 2.75) is 6.18 Å².